The Morgan fingerprint density at radius 3 is 2.52 bits per heavy atom. The number of amides is 1. The van der Waals surface area contributed by atoms with Gasteiger partial charge in [-0.2, -0.15) is 0 Å². The van der Waals surface area contributed by atoms with Crippen molar-refractivity contribution in [3.05, 3.63) is 64.4 Å². The minimum atomic E-state index is -0.492. The van der Waals surface area contributed by atoms with Crippen molar-refractivity contribution in [1.82, 2.24) is 10.2 Å². The average Bonchev–Trinajstić information content (AvgIpc) is 2.59. The second-order valence-corrected chi connectivity index (χ2v) is 7.16. The number of nitrogens with zero attached hydrogens (tertiary/aromatic N) is 1. The van der Waals surface area contributed by atoms with E-state index in [-0.39, 0.29) is 11.5 Å². The first-order valence-electron chi connectivity index (χ1n) is 8.41. The molecule has 4 rings (SSSR count). The van der Waals surface area contributed by atoms with Gasteiger partial charge in [0.2, 0.25) is 0 Å². The van der Waals surface area contributed by atoms with Crippen LogP contribution in [0.4, 0.5) is 10.1 Å². The third kappa shape index (κ3) is 3.22. The first kappa shape index (κ1) is 16.4. The second kappa shape index (κ2) is 6.32. The molecule has 0 atom stereocenters. The Bertz CT molecular complexity index is 801. The molecule has 2 aliphatic heterocycles. The van der Waals surface area contributed by atoms with Crippen molar-refractivity contribution in [2.24, 2.45) is 0 Å². The van der Waals surface area contributed by atoms with Crippen LogP contribution in [0.3, 0.4) is 0 Å². The minimum Gasteiger partial charge on any atom is -0.362 e. The normalized spacial score (nSPS) is 19.2. The number of hydrogen-bond acceptors (Lipinski definition) is 3. The van der Waals surface area contributed by atoms with E-state index in [0.717, 1.165) is 37.5 Å². The summed E-state index contributed by atoms with van der Waals surface area (Å²) >= 11 is 5.93. The number of anilines is 1. The number of halogens is 2. The van der Waals surface area contributed by atoms with Crippen LogP contribution in [0.1, 0.15) is 28.8 Å². The fourth-order valence-corrected chi connectivity index (χ4v) is 3.74. The van der Waals surface area contributed by atoms with Crippen molar-refractivity contribution in [2.75, 3.05) is 18.4 Å². The summed E-state index contributed by atoms with van der Waals surface area (Å²) in [5.41, 5.74) is 1.41. The van der Waals surface area contributed by atoms with Gasteiger partial charge < -0.3 is 10.6 Å². The SMILES string of the molecule is O=C1NC2(CCN(Cc3ccc(Cl)cc3)CC2)Nc2cccc(F)c21. The summed E-state index contributed by atoms with van der Waals surface area (Å²) in [6.07, 6.45) is 1.53. The fraction of sp³-hybridized carbons (Fsp3) is 0.316. The molecule has 1 saturated heterocycles. The first-order chi connectivity index (χ1) is 12.0. The molecule has 1 fully saturated rings. The molecule has 2 aromatic carbocycles. The molecule has 2 N–H and O–H groups in total. The van der Waals surface area contributed by atoms with Gasteiger partial charge in [-0.3, -0.25) is 9.69 Å². The maximum atomic E-state index is 13.9. The zero-order valence-corrected chi connectivity index (χ0v) is 14.4. The van der Waals surface area contributed by atoms with Gasteiger partial charge in [0, 0.05) is 37.5 Å². The molecular weight excluding hydrogens is 341 g/mol. The number of fused-ring (bicyclic) bond motifs is 1. The number of nitrogens with one attached hydrogen (secondary N) is 2. The zero-order valence-electron chi connectivity index (χ0n) is 13.7. The molecule has 0 aromatic heterocycles. The molecule has 0 bridgehead atoms. The minimum absolute atomic E-state index is 0.108. The predicted molar refractivity (Wildman–Crippen MR) is 96.2 cm³/mol. The largest absolute Gasteiger partial charge is 0.362 e. The summed E-state index contributed by atoms with van der Waals surface area (Å²) in [5, 5.41) is 7.08. The topological polar surface area (TPSA) is 44.4 Å². The lowest BCUT2D eigenvalue weighted by molar-refractivity contribution is 0.0817. The highest BCUT2D eigenvalue weighted by molar-refractivity contribution is 6.30. The third-order valence-corrected chi connectivity index (χ3v) is 5.25. The van der Waals surface area contributed by atoms with Crippen molar-refractivity contribution in [1.29, 1.82) is 0 Å². The van der Waals surface area contributed by atoms with Gasteiger partial charge in [-0.25, -0.2) is 4.39 Å². The number of likely N-dealkylation sites (tertiary alicyclic amines) is 1. The maximum absolute atomic E-state index is 13.9. The number of carbonyl (C=O) groups is 1. The van der Waals surface area contributed by atoms with Gasteiger partial charge in [-0.1, -0.05) is 29.8 Å². The van der Waals surface area contributed by atoms with E-state index in [1.807, 2.05) is 24.3 Å². The molecule has 2 aliphatic rings. The highest BCUT2D eigenvalue weighted by atomic mass is 35.5. The van der Waals surface area contributed by atoms with Crippen molar-refractivity contribution >= 4 is 23.2 Å². The van der Waals surface area contributed by atoms with Gasteiger partial charge in [0.1, 0.15) is 11.5 Å². The van der Waals surface area contributed by atoms with Gasteiger partial charge in [-0.05, 0) is 29.8 Å². The standard InChI is InChI=1S/C19H19ClFN3O/c20-14-6-4-13(5-7-14)12-24-10-8-19(9-11-24)22-16-3-1-2-15(21)17(16)18(25)23-19/h1-7,22H,8-12H2,(H,23,25). The lowest BCUT2D eigenvalue weighted by Crippen LogP contribution is -2.62. The molecule has 2 heterocycles. The predicted octanol–water partition coefficient (Wildman–Crippen LogP) is 3.63. The molecule has 1 amide bonds. The van der Waals surface area contributed by atoms with Crippen LogP contribution < -0.4 is 10.6 Å². The van der Waals surface area contributed by atoms with Gasteiger partial charge in [0.05, 0.1) is 11.3 Å². The summed E-state index contributed by atoms with van der Waals surface area (Å²) in [5.74, 6) is -0.824. The molecule has 1 spiro atoms. The Kier molecular flexibility index (Phi) is 4.13. The van der Waals surface area contributed by atoms with Crippen LogP contribution in [0.5, 0.6) is 0 Å². The van der Waals surface area contributed by atoms with E-state index in [1.165, 1.54) is 11.6 Å². The van der Waals surface area contributed by atoms with E-state index in [2.05, 4.69) is 15.5 Å². The number of hydrogen-bond donors (Lipinski definition) is 2. The van der Waals surface area contributed by atoms with E-state index in [0.29, 0.717) is 5.69 Å². The fourth-order valence-electron chi connectivity index (χ4n) is 3.62. The number of rotatable bonds is 2. The average molecular weight is 360 g/mol. The van der Waals surface area contributed by atoms with Crippen molar-refractivity contribution in [3.63, 3.8) is 0 Å². The Balaban J connectivity index is 1.45. The van der Waals surface area contributed by atoms with Crippen molar-refractivity contribution in [2.45, 2.75) is 25.0 Å². The molecule has 4 nitrogen and oxygen atoms in total. The van der Waals surface area contributed by atoms with Crippen molar-refractivity contribution < 1.29 is 9.18 Å². The molecule has 0 unspecified atom stereocenters. The molecule has 130 valence electrons. The third-order valence-electron chi connectivity index (χ3n) is 5.00. The summed E-state index contributed by atoms with van der Waals surface area (Å²) < 4.78 is 13.9. The van der Waals surface area contributed by atoms with Crippen LogP contribution in [0, 0.1) is 5.82 Å². The maximum Gasteiger partial charge on any atom is 0.258 e. The molecule has 25 heavy (non-hydrogen) atoms. The lowest BCUT2D eigenvalue weighted by Gasteiger charge is -2.46. The molecular formula is C19H19ClFN3O. The first-order valence-corrected chi connectivity index (χ1v) is 8.78. The van der Waals surface area contributed by atoms with E-state index >= 15 is 0 Å². The monoisotopic (exact) mass is 359 g/mol. The van der Waals surface area contributed by atoms with Gasteiger partial charge in [0.25, 0.3) is 5.91 Å². The van der Waals surface area contributed by atoms with Crippen LogP contribution in [-0.4, -0.2) is 29.6 Å². The molecule has 0 aliphatic carbocycles. The molecule has 0 saturated carbocycles. The number of carbonyl (C=O) groups excluding carboxylic acids is 1. The van der Waals surface area contributed by atoms with Gasteiger partial charge in [-0.15, -0.1) is 0 Å². The Morgan fingerprint density at radius 1 is 1.08 bits per heavy atom. The van der Waals surface area contributed by atoms with Crippen LogP contribution in [0.25, 0.3) is 0 Å². The highest BCUT2D eigenvalue weighted by Gasteiger charge is 2.40. The second-order valence-electron chi connectivity index (χ2n) is 6.73. The van der Waals surface area contributed by atoms with Gasteiger partial charge in [0.15, 0.2) is 0 Å². The van der Waals surface area contributed by atoms with Crippen molar-refractivity contribution in [3.8, 4) is 0 Å². The quantitative estimate of drug-likeness (QED) is 0.860. The van der Waals surface area contributed by atoms with E-state index < -0.39 is 11.5 Å². The zero-order chi connectivity index (χ0) is 17.4. The highest BCUT2D eigenvalue weighted by Crippen LogP contribution is 2.32. The van der Waals surface area contributed by atoms with E-state index in [9.17, 15) is 9.18 Å². The Morgan fingerprint density at radius 2 is 1.80 bits per heavy atom. The van der Waals surface area contributed by atoms with E-state index in [4.69, 9.17) is 11.6 Å². The Labute approximate surface area is 151 Å². The number of benzene rings is 2. The number of piperidine rings is 1. The van der Waals surface area contributed by atoms with Crippen LogP contribution in [0.15, 0.2) is 42.5 Å². The molecule has 2 aromatic rings. The smallest absolute Gasteiger partial charge is 0.258 e. The summed E-state index contributed by atoms with van der Waals surface area (Å²) in [4.78, 5) is 14.7. The summed E-state index contributed by atoms with van der Waals surface area (Å²) in [6.45, 7) is 2.55. The van der Waals surface area contributed by atoms with Crippen LogP contribution in [-0.2, 0) is 6.54 Å². The van der Waals surface area contributed by atoms with Crippen LogP contribution in [0.2, 0.25) is 5.02 Å². The molecule has 0 radical (unpaired) electrons. The Hall–Kier alpha value is -2.11. The lowest BCUT2D eigenvalue weighted by atomic mass is 9.92. The molecule has 6 heteroatoms. The van der Waals surface area contributed by atoms with Gasteiger partial charge >= 0.3 is 0 Å². The summed E-state index contributed by atoms with van der Waals surface area (Å²) in [7, 11) is 0. The summed E-state index contributed by atoms with van der Waals surface area (Å²) in [6, 6.07) is 12.6. The van der Waals surface area contributed by atoms with E-state index in [1.54, 1.807) is 12.1 Å². The van der Waals surface area contributed by atoms with Crippen LogP contribution >= 0.6 is 11.6 Å².